The second kappa shape index (κ2) is 16.3. The Balaban J connectivity index is 1.95. The van der Waals surface area contributed by atoms with Crippen molar-refractivity contribution in [2.24, 2.45) is 27.9 Å². The van der Waals surface area contributed by atoms with E-state index in [2.05, 4.69) is 10.3 Å². The SMILES string of the molecule is NC(=O)CCC(=O)NCc1cccc(CN(C(=O)C(c2ccccc2)c2ccccc2)[C@H](CCCN=C(N)N)C(N)=O)c1. The Hall–Kier alpha value is -5.19. The van der Waals surface area contributed by atoms with Crippen molar-refractivity contribution in [1.29, 1.82) is 0 Å². The normalized spacial score (nSPS) is 11.4. The van der Waals surface area contributed by atoms with E-state index >= 15 is 0 Å². The van der Waals surface area contributed by atoms with Crippen molar-refractivity contribution in [3.63, 3.8) is 0 Å². The van der Waals surface area contributed by atoms with Gasteiger partial charge in [0.05, 0.1) is 5.92 Å². The fourth-order valence-corrected chi connectivity index (χ4v) is 4.78. The Morgan fingerprint density at radius 1 is 0.767 bits per heavy atom. The quantitative estimate of drug-likeness (QED) is 0.0960. The fourth-order valence-electron chi connectivity index (χ4n) is 4.78. The minimum Gasteiger partial charge on any atom is -0.370 e. The van der Waals surface area contributed by atoms with E-state index in [1.54, 1.807) is 0 Å². The molecule has 0 radical (unpaired) electrons. The molecule has 0 saturated heterocycles. The molecule has 4 amide bonds. The minimum atomic E-state index is -0.936. The molecule has 0 saturated carbocycles. The van der Waals surface area contributed by atoms with Crippen LogP contribution in [0.15, 0.2) is 89.9 Å². The molecule has 43 heavy (non-hydrogen) atoms. The summed E-state index contributed by atoms with van der Waals surface area (Å²) in [6.07, 6.45) is 0.639. The zero-order valence-corrected chi connectivity index (χ0v) is 24.0. The van der Waals surface area contributed by atoms with Gasteiger partial charge in [0.15, 0.2) is 5.96 Å². The number of benzene rings is 3. The Morgan fingerprint density at radius 3 is 1.93 bits per heavy atom. The van der Waals surface area contributed by atoms with E-state index in [9.17, 15) is 19.2 Å². The summed E-state index contributed by atoms with van der Waals surface area (Å²) in [5, 5.41) is 2.77. The van der Waals surface area contributed by atoms with Crippen LogP contribution in [-0.4, -0.2) is 47.1 Å². The van der Waals surface area contributed by atoms with Gasteiger partial charge in [-0.15, -0.1) is 0 Å². The van der Waals surface area contributed by atoms with Gasteiger partial charge >= 0.3 is 0 Å². The molecule has 11 heteroatoms. The lowest BCUT2D eigenvalue weighted by Gasteiger charge is -2.33. The molecule has 226 valence electrons. The molecule has 0 aromatic heterocycles. The van der Waals surface area contributed by atoms with Gasteiger partial charge in [0, 0.05) is 32.5 Å². The van der Waals surface area contributed by atoms with Crippen molar-refractivity contribution in [1.82, 2.24) is 10.2 Å². The summed E-state index contributed by atoms with van der Waals surface area (Å²) in [5.41, 5.74) is 25.0. The van der Waals surface area contributed by atoms with E-state index in [1.165, 1.54) is 4.90 Å². The van der Waals surface area contributed by atoms with E-state index in [0.717, 1.165) is 22.3 Å². The molecule has 3 rings (SSSR count). The number of primary amides is 2. The lowest BCUT2D eigenvalue weighted by molar-refractivity contribution is -0.141. The standard InChI is InChI=1S/C32H39N7O4/c33-27(40)16-17-28(41)38-20-22-9-7-10-23(19-22)21-39(26(30(34)42)15-8-18-37-32(35)36)31(43)29(24-11-3-1-4-12-24)25-13-5-2-6-14-25/h1-7,9-14,19,26,29H,8,15-18,20-21H2,(H2,33,40)(H2,34,42)(H,38,41)(H4,35,36,37)/t26-/m1/s1. The summed E-state index contributed by atoms with van der Waals surface area (Å²) in [7, 11) is 0. The Kier molecular flexibility index (Phi) is 12.3. The van der Waals surface area contributed by atoms with Gasteiger partial charge in [-0.05, 0) is 35.1 Å². The van der Waals surface area contributed by atoms with Gasteiger partial charge in [-0.1, -0.05) is 84.9 Å². The molecule has 9 N–H and O–H groups in total. The lowest BCUT2D eigenvalue weighted by atomic mass is 9.89. The van der Waals surface area contributed by atoms with Gasteiger partial charge in [-0.2, -0.15) is 0 Å². The summed E-state index contributed by atoms with van der Waals surface area (Å²) >= 11 is 0. The average Bonchev–Trinajstić information content (AvgIpc) is 2.99. The first-order chi connectivity index (χ1) is 20.7. The van der Waals surface area contributed by atoms with E-state index < -0.39 is 23.8 Å². The zero-order valence-electron chi connectivity index (χ0n) is 24.0. The van der Waals surface area contributed by atoms with Gasteiger partial charge in [-0.25, -0.2) is 0 Å². The number of hydrogen-bond donors (Lipinski definition) is 5. The van der Waals surface area contributed by atoms with Crippen molar-refractivity contribution >= 4 is 29.6 Å². The highest BCUT2D eigenvalue weighted by atomic mass is 16.2. The first-order valence-electron chi connectivity index (χ1n) is 14.0. The molecule has 0 bridgehead atoms. The van der Waals surface area contributed by atoms with Crippen LogP contribution < -0.4 is 28.3 Å². The van der Waals surface area contributed by atoms with Crippen LogP contribution in [0.2, 0.25) is 0 Å². The Bertz CT molecular complexity index is 1370. The van der Waals surface area contributed by atoms with Crippen LogP contribution in [0, 0.1) is 0 Å². The summed E-state index contributed by atoms with van der Waals surface area (Å²) in [5.74, 6) is -2.52. The van der Waals surface area contributed by atoms with Gasteiger partial charge in [0.25, 0.3) is 0 Å². The van der Waals surface area contributed by atoms with E-state index in [4.69, 9.17) is 22.9 Å². The highest BCUT2D eigenvalue weighted by Gasteiger charge is 2.34. The van der Waals surface area contributed by atoms with Crippen LogP contribution in [0.1, 0.15) is 53.9 Å². The lowest BCUT2D eigenvalue weighted by Crippen LogP contribution is -2.49. The van der Waals surface area contributed by atoms with Gasteiger partial charge < -0.3 is 33.2 Å². The van der Waals surface area contributed by atoms with Crippen molar-refractivity contribution < 1.29 is 19.2 Å². The second-order valence-corrected chi connectivity index (χ2v) is 10.2. The molecular weight excluding hydrogens is 546 g/mol. The molecule has 0 spiro atoms. The smallest absolute Gasteiger partial charge is 0.240 e. The van der Waals surface area contributed by atoms with Crippen molar-refractivity contribution in [3.8, 4) is 0 Å². The number of nitrogens with two attached hydrogens (primary N) is 4. The Morgan fingerprint density at radius 2 is 1.37 bits per heavy atom. The molecule has 3 aromatic rings. The first-order valence-corrected chi connectivity index (χ1v) is 14.0. The number of hydrogen-bond acceptors (Lipinski definition) is 5. The van der Waals surface area contributed by atoms with E-state index in [-0.39, 0.29) is 56.7 Å². The number of nitrogens with zero attached hydrogens (tertiary/aromatic N) is 2. The predicted octanol–water partition coefficient (Wildman–Crippen LogP) is 1.64. The molecule has 1 atom stereocenters. The number of carbonyl (C=O) groups is 4. The highest BCUT2D eigenvalue weighted by molar-refractivity contribution is 5.92. The molecule has 0 aliphatic carbocycles. The summed E-state index contributed by atoms with van der Waals surface area (Å²) < 4.78 is 0. The topological polar surface area (TPSA) is 200 Å². The molecule has 3 aromatic carbocycles. The van der Waals surface area contributed by atoms with Gasteiger partial charge in [-0.3, -0.25) is 24.2 Å². The number of nitrogens with one attached hydrogen (secondary N) is 1. The van der Waals surface area contributed by atoms with Crippen LogP contribution in [0.25, 0.3) is 0 Å². The third kappa shape index (κ3) is 10.3. The van der Waals surface area contributed by atoms with Gasteiger partial charge in [0.1, 0.15) is 6.04 Å². The average molecular weight is 586 g/mol. The zero-order chi connectivity index (χ0) is 31.2. The maximum atomic E-state index is 14.5. The second-order valence-electron chi connectivity index (χ2n) is 10.2. The highest BCUT2D eigenvalue weighted by Crippen LogP contribution is 2.29. The number of amides is 4. The monoisotopic (exact) mass is 585 g/mol. The summed E-state index contributed by atoms with van der Waals surface area (Å²) in [4.78, 5) is 56.0. The molecule has 0 aliphatic heterocycles. The van der Waals surface area contributed by atoms with Crippen molar-refractivity contribution in [2.45, 2.75) is 50.7 Å². The third-order valence-electron chi connectivity index (χ3n) is 6.86. The molecule has 0 heterocycles. The number of carbonyl (C=O) groups excluding carboxylic acids is 4. The van der Waals surface area contributed by atoms with Crippen LogP contribution in [0.5, 0.6) is 0 Å². The number of aliphatic imine (C=N–C) groups is 1. The van der Waals surface area contributed by atoms with E-state index in [0.29, 0.717) is 6.42 Å². The maximum absolute atomic E-state index is 14.5. The van der Waals surface area contributed by atoms with Gasteiger partial charge in [0.2, 0.25) is 23.6 Å². The third-order valence-corrected chi connectivity index (χ3v) is 6.86. The first kappa shape index (κ1) is 32.3. The molecule has 11 nitrogen and oxygen atoms in total. The van der Waals surface area contributed by atoms with Crippen molar-refractivity contribution in [2.75, 3.05) is 6.54 Å². The fraction of sp³-hybridized carbons (Fsp3) is 0.281. The summed E-state index contributed by atoms with van der Waals surface area (Å²) in [6.45, 7) is 0.585. The largest absolute Gasteiger partial charge is 0.370 e. The molecule has 0 unspecified atom stereocenters. The maximum Gasteiger partial charge on any atom is 0.240 e. The van der Waals surface area contributed by atoms with Crippen molar-refractivity contribution in [3.05, 3.63) is 107 Å². The number of guanidine groups is 1. The predicted molar refractivity (Wildman–Crippen MR) is 165 cm³/mol. The van der Waals surface area contributed by atoms with Crippen LogP contribution >= 0.6 is 0 Å². The molecule has 0 aliphatic rings. The van der Waals surface area contributed by atoms with Crippen LogP contribution in [-0.2, 0) is 32.3 Å². The molecular formula is C32H39N7O4. The molecule has 0 fully saturated rings. The van der Waals surface area contributed by atoms with Crippen LogP contribution in [0.4, 0.5) is 0 Å². The minimum absolute atomic E-state index is 0.00218. The number of rotatable bonds is 16. The van der Waals surface area contributed by atoms with Crippen LogP contribution in [0.3, 0.4) is 0 Å². The van der Waals surface area contributed by atoms with E-state index in [1.807, 2.05) is 84.9 Å². The summed E-state index contributed by atoms with van der Waals surface area (Å²) in [6, 6.07) is 25.2. The Labute approximate surface area is 251 Å².